The highest BCUT2D eigenvalue weighted by Gasteiger charge is 2.08. The molecule has 3 heteroatoms. The molecule has 106 valence electrons. The second kappa shape index (κ2) is 7.53. The first-order valence-electron chi connectivity index (χ1n) is 7.34. The van der Waals surface area contributed by atoms with Crippen molar-refractivity contribution in [3.8, 4) is 0 Å². The Labute approximate surface area is 121 Å². The van der Waals surface area contributed by atoms with Crippen molar-refractivity contribution in [3.63, 3.8) is 0 Å². The second-order valence-electron chi connectivity index (χ2n) is 5.01. The maximum atomic E-state index is 5.78. The third-order valence-corrected chi connectivity index (χ3v) is 3.41. The standard InChI is InChI=1S/C17H23N3/c1-2-3-4-5-14-20(17-10-12-19-13-11-17)16-8-6-15(18)7-9-16/h6-13H,2-5,14,18H2,1H3. The number of benzene rings is 1. The van der Waals surface area contributed by atoms with Crippen LogP contribution in [0.5, 0.6) is 0 Å². The van der Waals surface area contributed by atoms with Gasteiger partial charge < -0.3 is 10.6 Å². The van der Waals surface area contributed by atoms with Gasteiger partial charge in [0.1, 0.15) is 0 Å². The molecule has 1 aromatic heterocycles. The SMILES string of the molecule is CCCCCCN(c1ccncc1)c1ccc(N)cc1. The number of unbranched alkanes of at least 4 members (excludes halogenated alkanes) is 3. The monoisotopic (exact) mass is 269 g/mol. The molecule has 0 amide bonds. The van der Waals surface area contributed by atoms with Gasteiger partial charge in [-0.3, -0.25) is 4.98 Å². The Balaban J connectivity index is 2.13. The van der Waals surface area contributed by atoms with Gasteiger partial charge in [-0.2, -0.15) is 0 Å². The Hall–Kier alpha value is -2.03. The molecule has 0 unspecified atom stereocenters. The summed E-state index contributed by atoms with van der Waals surface area (Å²) >= 11 is 0. The van der Waals surface area contributed by atoms with Crippen molar-refractivity contribution >= 4 is 17.1 Å². The van der Waals surface area contributed by atoms with E-state index in [1.54, 1.807) is 0 Å². The summed E-state index contributed by atoms with van der Waals surface area (Å²) in [6, 6.07) is 12.2. The summed E-state index contributed by atoms with van der Waals surface area (Å²) in [6.07, 6.45) is 8.70. The Morgan fingerprint density at radius 1 is 0.900 bits per heavy atom. The number of hydrogen-bond donors (Lipinski definition) is 1. The van der Waals surface area contributed by atoms with Crippen LogP contribution in [0, 0.1) is 0 Å². The van der Waals surface area contributed by atoms with E-state index in [9.17, 15) is 0 Å². The predicted molar refractivity (Wildman–Crippen MR) is 86.2 cm³/mol. The van der Waals surface area contributed by atoms with E-state index >= 15 is 0 Å². The Kier molecular flexibility index (Phi) is 5.42. The minimum Gasteiger partial charge on any atom is -0.399 e. The van der Waals surface area contributed by atoms with Gasteiger partial charge in [0, 0.05) is 36.0 Å². The van der Waals surface area contributed by atoms with E-state index in [1.807, 2.05) is 24.5 Å². The number of anilines is 3. The minimum atomic E-state index is 0.800. The van der Waals surface area contributed by atoms with Gasteiger partial charge >= 0.3 is 0 Å². The van der Waals surface area contributed by atoms with Crippen LogP contribution in [0.15, 0.2) is 48.8 Å². The lowest BCUT2D eigenvalue weighted by Crippen LogP contribution is -2.18. The molecule has 1 aromatic carbocycles. The molecule has 0 aliphatic heterocycles. The fraction of sp³-hybridized carbons (Fsp3) is 0.353. The van der Waals surface area contributed by atoms with Gasteiger partial charge in [0.05, 0.1) is 0 Å². The van der Waals surface area contributed by atoms with E-state index in [2.05, 4.69) is 41.1 Å². The Morgan fingerprint density at radius 2 is 1.55 bits per heavy atom. The third-order valence-electron chi connectivity index (χ3n) is 3.41. The molecule has 0 spiro atoms. The largest absolute Gasteiger partial charge is 0.399 e. The van der Waals surface area contributed by atoms with Gasteiger partial charge in [-0.15, -0.1) is 0 Å². The highest BCUT2D eigenvalue weighted by atomic mass is 15.1. The van der Waals surface area contributed by atoms with Gasteiger partial charge in [-0.05, 0) is 42.8 Å². The fourth-order valence-corrected chi connectivity index (χ4v) is 2.28. The molecular formula is C17H23N3. The molecule has 3 nitrogen and oxygen atoms in total. The molecule has 0 bridgehead atoms. The Morgan fingerprint density at radius 3 is 2.20 bits per heavy atom. The molecule has 0 fully saturated rings. The van der Waals surface area contributed by atoms with Crippen molar-refractivity contribution in [2.75, 3.05) is 17.2 Å². The minimum absolute atomic E-state index is 0.800. The zero-order valence-corrected chi connectivity index (χ0v) is 12.1. The van der Waals surface area contributed by atoms with E-state index in [0.717, 1.165) is 12.2 Å². The molecule has 0 saturated heterocycles. The van der Waals surface area contributed by atoms with Crippen LogP contribution >= 0.6 is 0 Å². The molecule has 2 N–H and O–H groups in total. The molecule has 0 saturated carbocycles. The summed E-state index contributed by atoms with van der Waals surface area (Å²) in [4.78, 5) is 6.43. The molecule has 0 atom stereocenters. The smallest absolute Gasteiger partial charge is 0.0441 e. The zero-order chi connectivity index (χ0) is 14.2. The number of hydrogen-bond acceptors (Lipinski definition) is 3. The maximum Gasteiger partial charge on any atom is 0.0441 e. The normalized spacial score (nSPS) is 10.4. The fourth-order valence-electron chi connectivity index (χ4n) is 2.28. The summed E-state index contributed by atoms with van der Waals surface area (Å²) in [7, 11) is 0. The molecule has 20 heavy (non-hydrogen) atoms. The number of nitrogens with zero attached hydrogens (tertiary/aromatic N) is 2. The van der Waals surface area contributed by atoms with E-state index in [-0.39, 0.29) is 0 Å². The third kappa shape index (κ3) is 3.98. The van der Waals surface area contributed by atoms with E-state index in [4.69, 9.17) is 5.73 Å². The number of aromatic nitrogens is 1. The van der Waals surface area contributed by atoms with Crippen LogP contribution in [0.2, 0.25) is 0 Å². The van der Waals surface area contributed by atoms with Gasteiger partial charge in [-0.1, -0.05) is 26.2 Å². The molecule has 0 aliphatic rings. The van der Waals surface area contributed by atoms with Crippen molar-refractivity contribution in [3.05, 3.63) is 48.8 Å². The topological polar surface area (TPSA) is 42.2 Å². The van der Waals surface area contributed by atoms with Gasteiger partial charge in [0.2, 0.25) is 0 Å². The van der Waals surface area contributed by atoms with Crippen LogP contribution in [-0.4, -0.2) is 11.5 Å². The van der Waals surface area contributed by atoms with Crippen molar-refractivity contribution in [2.45, 2.75) is 32.6 Å². The summed E-state index contributed by atoms with van der Waals surface area (Å²) in [5, 5.41) is 0. The lowest BCUT2D eigenvalue weighted by atomic mass is 10.1. The lowest BCUT2D eigenvalue weighted by molar-refractivity contribution is 0.668. The first kappa shape index (κ1) is 14.4. The lowest BCUT2D eigenvalue weighted by Gasteiger charge is -2.25. The highest BCUT2D eigenvalue weighted by Crippen LogP contribution is 2.26. The molecule has 0 radical (unpaired) electrons. The van der Waals surface area contributed by atoms with Crippen molar-refractivity contribution in [1.82, 2.24) is 4.98 Å². The number of nitrogens with two attached hydrogens (primary N) is 1. The molecule has 0 aliphatic carbocycles. The average molecular weight is 269 g/mol. The number of rotatable bonds is 7. The van der Waals surface area contributed by atoms with Crippen LogP contribution in [0.25, 0.3) is 0 Å². The Bertz CT molecular complexity index is 493. The van der Waals surface area contributed by atoms with Gasteiger partial charge in [0.15, 0.2) is 0 Å². The molecule has 2 aromatic rings. The first-order chi connectivity index (χ1) is 9.81. The summed E-state index contributed by atoms with van der Waals surface area (Å²) < 4.78 is 0. The van der Waals surface area contributed by atoms with Crippen LogP contribution in [0.1, 0.15) is 32.6 Å². The summed E-state index contributed by atoms with van der Waals surface area (Å²) in [5.74, 6) is 0. The van der Waals surface area contributed by atoms with Crippen LogP contribution in [0.3, 0.4) is 0 Å². The van der Waals surface area contributed by atoms with E-state index < -0.39 is 0 Å². The highest BCUT2D eigenvalue weighted by molar-refractivity contribution is 5.64. The van der Waals surface area contributed by atoms with Crippen LogP contribution in [-0.2, 0) is 0 Å². The van der Waals surface area contributed by atoms with Crippen LogP contribution in [0.4, 0.5) is 17.1 Å². The average Bonchev–Trinajstić information content (AvgIpc) is 2.50. The van der Waals surface area contributed by atoms with Gasteiger partial charge in [-0.25, -0.2) is 0 Å². The number of pyridine rings is 1. The van der Waals surface area contributed by atoms with Crippen molar-refractivity contribution < 1.29 is 0 Å². The summed E-state index contributed by atoms with van der Waals surface area (Å²) in [5.41, 5.74) is 8.94. The molecule has 2 rings (SSSR count). The first-order valence-corrected chi connectivity index (χ1v) is 7.34. The number of nitrogen functional groups attached to an aromatic ring is 1. The summed E-state index contributed by atoms with van der Waals surface area (Å²) in [6.45, 7) is 3.26. The maximum absolute atomic E-state index is 5.78. The zero-order valence-electron chi connectivity index (χ0n) is 12.1. The molecular weight excluding hydrogens is 246 g/mol. The van der Waals surface area contributed by atoms with E-state index in [0.29, 0.717) is 0 Å². The van der Waals surface area contributed by atoms with Crippen LogP contribution < -0.4 is 10.6 Å². The van der Waals surface area contributed by atoms with Crippen molar-refractivity contribution in [1.29, 1.82) is 0 Å². The molecule has 1 heterocycles. The predicted octanol–water partition coefficient (Wildman–Crippen LogP) is 4.38. The van der Waals surface area contributed by atoms with Gasteiger partial charge in [0.25, 0.3) is 0 Å². The quantitative estimate of drug-likeness (QED) is 0.599. The van der Waals surface area contributed by atoms with E-state index in [1.165, 1.54) is 37.1 Å². The second-order valence-corrected chi connectivity index (χ2v) is 5.01. The van der Waals surface area contributed by atoms with Crippen molar-refractivity contribution in [2.24, 2.45) is 0 Å².